The fraction of sp³-hybridized carbons (Fsp3) is 0.167. The van der Waals surface area contributed by atoms with Crippen molar-refractivity contribution in [2.24, 2.45) is 11.5 Å². The zero-order valence-electron chi connectivity index (χ0n) is 9.59. The van der Waals surface area contributed by atoms with E-state index in [0.29, 0.717) is 10.4 Å². The third-order valence-corrected chi connectivity index (χ3v) is 2.49. The van der Waals surface area contributed by atoms with Gasteiger partial charge < -0.3 is 21.7 Å². The molecular weight excluding hydrogens is 236 g/mol. The highest BCUT2D eigenvalue weighted by Crippen LogP contribution is 1.91. The maximum Gasteiger partial charge on any atom is 0.247 e. The molecule has 0 aliphatic rings. The number of primary amides is 2. The molecule has 6 nitrogen and oxygen atoms in total. The number of carbonyl (C=O) groups is 2. The van der Waals surface area contributed by atoms with Crippen molar-refractivity contribution in [3.05, 3.63) is 34.7 Å². The summed E-state index contributed by atoms with van der Waals surface area (Å²) in [6, 6.07) is 6.07. The molecule has 0 spiro atoms. The highest BCUT2D eigenvalue weighted by molar-refractivity contribution is 6.13. The van der Waals surface area contributed by atoms with Crippen LogP contribution in [0.5, 0.6) is 0 Å². The molecule has 0 fully saturated rings. The Morgan fingerprint density at radius 2 is 1.11 bits per heavy atom. The van der Waals surface area contributed by atoms with Crippen LogP contribution in [0.15, 0.2) is 24.3 Å². The number of aliphatic hydroxyl groups is 2. The zero-order chi connectivity index (χ0) is 13.7. The van der Waals surface area contributed by atoms with Gasteiger partial charge in [0.15, 0.2) is 0 Å². The quantitative estimate of drug-likeness (QED) is 0.452. The lowest BCUT2D eigenvalue weighted by molar-refractivity contribution is -0.114. The fourth-order valence-electron chi connectivity index (χ4n) is 1.50. The Kier molecular flexibility index (Phi) is 4.59. The van der Waals surface area contributed by atoms with E-state index in [0.717, 1.165) is 0 Å². The van der Waals surface area contributed by atoms with Crippen LogP contribution in [0.4, 0.5) is 0 Å². The van der Waals surface area contributed by atoms with Crippen molar-refractivity contribution in [1.29, 1.82) is 0 Å². The minimum atomic E-state index is -0.716. The lowest BCUT2D eigenvalue weighted by Crippen LogP contribution is -2.26. The lowest BCUT2D eigenvalue weighted by Gasteiger charge is -2.00. The van der Waals surface area contributed by atoms with E-state index in [2.05, 4.69) is 0 Å². The van der Waals surface area contributed by atoms with Crippen LogP contribution in [0.3, 0.4) is 0 Å². The highest BCUT2D eigenvalue weighted by Gasteiger charge is 2.05. The maximum atomic E-state index is 11.0. The number of hydrogen-bond donors (Lipinski definition) is 4. The van der Waals surface area contributed by atoms with E-state index < -0.39 is 25.0 Å². The van der Waals surface area contributed by atoms with Crippen LogP contribution in [0.1, 0.15) is 0 Å². The molecule has 0 atom stereocenters. The van der Waals surface area contributed by atoms with Crippen molar-refractivity contribution in [3.8, 4) is 0 Å². The summed E-state index contributed by atoms with van der Waals surface area (Å²) in [5.74, 6) is -1.43. The molecule has 6 heteroatoms. The Hall–Kier alpha value is -2.18. The molecule has 0 heterocycles. The van der Waals surface area contributed by atoms with Crippen molar-refractivity contribution in [1.82, 2.24) is 0 Å². The largest absolute Gasteiger partial charge is 0.391 e. The van der Waals surface area contributed by atoms with Gasteiger partial charge in [-0.05, 0) is 10.4 Å². The van der Waals surface area contributed by atoms with Gasteiger partial charge in [-0.15, -0.1) is 0 Å². The van der Waals surface area contributed by atoms with Crippen molar-refractivity contribution in [2.75, 3.05) is 13.2 Å². The summed E-state index contributed by atoms with van der Waals surface area (Å²) in [5.41, 5.74) is 10.3. The Balaban J connectivity index is 3.47. The van der Waals surface area contributed by atoms with E-state index >= 15 is 0 Å². The normalized spacial score (nSPS) is 9.89. The second kappa shape index (κ2) is 5.95. The molecule has 0 radical (unpaired) electrons. The molecule has 2 amide bonds. The van der Waals surface area contributed by atoms with Gasteiger partial charge in [-0.2, -0.15) is 0 Å². The Bertz CT molecular complexity index is 516. The van der Waals surface area contributed by atoms with Gasteiger partial charge in [0, 0.05) is 11.1 Å². The molecule has 0 bridgehead atoms. The molecule has 1 rings (SSSR count). The van der Waals surface area contributed by atoms with Gasteiger partial charge in [0.2, 0.25) is 11.8 Å². The van der Waals surface area contributed by atoms with Gasteiger partial charge in [-0.25, -0.2) is 0 Å². The lowest BCUT2D eigenvalue weighted by atomic mass is 10.1. The number of amides is 2. The second-order valence-corrected chi connectivity index (χ2v) is 3.58. The Morgan fingerprint density at radius 1 is 0.833 bits per heavy atom. The van der Waals surface area contributed by atoms with Crippen LogP contribution in [-0.2, 0) is 9.59 Å². The molecule has 0 aliphatic heterocycles. The first-order valence-corrected chi connectivity index (χ1v) is 5.15. The van der Waals surface area contributed by atoms with Crippen LogP contribution in [0, 0.1) is 0 Å². The summed E-state index contributed by atoms with van der Waals surface area (Å²) in [6.07, 6.45) is 0. The Labute approximate surface area is 103 Å². The van der Waals surface area contributed by atoms with Crippen LogP contribution in [0.2, 0.25) is 0 Å². The average Bonchev–Trinajstić information content (AvgIpc) is 2.32. The summed E-state index contributed by atoms with van der Waals surface area (Å²) < 4.78 is 0. The van der Waals surface area contributed by atoms with Crippen LogP contribution in [0.25, 0.3) is 11.1 Å². The third-order valence-electron chi connectivity index (χ3n) is 2.49. The molecule has 18 heavy (non-hydrogen) atoms. The van der Waals surface area contributed by atoms with Gasteiger partial charge in [0.05, 0.1) is 13.2 Å². The molecule has 0 unspecified atom stereocenters. The summed E-state index contributed by atoms with van der Waals surface area (Å²) in [5, 5.41) is 18.9. The van der Waals surface area contributed by atoms with E-state index in [-0.39, 0.29) is 11.1 Å². The second-order valence-electron chi connectivity index (χ2n) is 3.58. The predicted octanol–water partition coefficient (Wildman–Crippen LogP) is -3.06. The maximum absolute atomic E-state index is 11.0. The van der Waals surface area contributed by atoms with E-state index in [4.69, 9.17) is 21.7 Å². The molecular formula is C12H14N2O4. The van der Waals surface area contributed by atoms with Gasteiger partial charge in [-0.1, -0.05) is 24.3 Å². The average molecular weight is 250 g/mol. The smallest absolute Gasteiger partial charge is 0.247 e. The molecule has 96 valence electrons. The van der Waals surface area contributed by atoms with Gasteiger partial charge in [0.25, 0.3) is 0 Å². The Morgan fingerprint density at radius 3 is 1.28 bits per heavy atom. The minimum Gasteiger partial charge on any atom is -0.391 e. The van der Waals surface area contributed by atoms with E-state index in [1.165, 1.54) is 24.3 Å². The van der Waals surface area contributed by atoms with Gasteiger partial charge in [0.1, 0.15) is 0 Å². The van der Waals surface area contributed by atoms with Crippen LogP contribution in [-0.4, -0.2) is 35.2 Å². The van der Waals surface area contributed by atoms with E-state index in [9.17, 15) is 9.59 Å². The number of nitrogens with two attached hydrogens (primary N) is 2. The van der Waals surface area contributed by atoms with E-state index in [1.807, 2.05) is 0 Å². The number of aliphatic hydroxyl groups excluding tert-OH is 2. The van der Waals surface area contributed by atoms with Crippen molar-refractivity contribution in [2.45, 2.75) is 0 Å². The van der Waals surface area contributed by atoms with E-state index in [1.54, 1.807) is 0 Å². The third kappa shape index (κ3) is 2.93. The van der Waals surface area contributed by atoms with Crippen molar-refractivity contribution in [3.63, 3.8) is 0 Å². The molecule has 6 N–H and O–H groups in total. The molecule has 0 aliphatic carbocycles. The van der Waals surface area contributed by atoms with Gasteiger partial charge in [-0.3, -0.25) is 9.59 Å². The SMILES string of the molecule is NC(=O)C(CO)=c1ccc(=C(CO)C(N)=O)cc1. The zero-order valence-corrected chi connectivity index (χ0v) is 9.59. The fourth-order valence-corrected chi connectivity index (χ4v) is 1.50. The number of hydrogen-bond acceptors (Lipinski definition) is 4. The predicted molar refractivity (Wildman–Crippen MR) is 65.1 cm³/mol. The first-order valence-electron chi connectivity index (χ1n) is 5.15. The highest BCUT2D eigenvalue weighted by atomic mass is 16.3. The van der Waals surface area contributed by atoms with Crippen molar-refractivity contribution >= 4 is 23.0 Å². The van der Waals surface area contributed by atoms with Crippen molar-refractivity contribution < 1.29 is 19.8 Å². The standard InChI is InChI=1S/C12H14N2O4/c13-11(17)9(5-15)7-1-2-8(4-3-7)10(6-16)12(14)18/h1-4,15-16H,5-6H2,(H2,13,17)(H2,14,18). The molecule has 1 aromatic carbocycles. The number of carbonyl (C=O) groups excluding carboxylic acids is 2. The molecule has 0 saturated carbocycles. The number of rotatable bonds is 4. The monoisotopic (exact) mass is 250 g/mol. The van der Waals surface area contributed by atoms with Crippen LogP contribution >= 0.6 is 0 Å². The summed E-state index contributed by atoms with van der Waals surface area (Å²) >= 11 is 0. The molecule has 0 aromatic heterocycles. The minimum absolute atomic E-state index is 0.0752. The summed E-state index contributed by atoms with van der Waals surface area (Å²) in [6.45, 7) is -0.942. The summed E-state index contributed by atoms with van der Waals surface area (Å²) in [4.78, 5) is 22.0. The molecule has 0 saturated heterocycles. The number of benzene rings is 1. The van der Waals surface area contributed by atoms with Crippen LogP contribution < -0.4 is 21.9 Å². The molecule has 1 aromatic rings. The summed E-state index contributed by atoms with van der Waals surface area (Å²) in [7, 11) is 0. The van der Waals surface area contributed by atoms with Gasteiger partial charge >= 0.3 is 0 Å². The first-order chi connectivity index (χ1) is 8.51. The first kappa shape index (κ1) is 13.9. The topological polar surface area (TPSA) is 127 Å².